The SMILES string of the molecule is CCC(O)c1ccc(O[C@@H]2CCc3c2cccc3C(F)(F)F)cc1. The summed E-state index contributed by atoms with van der Waals surface area (Å²) in [6, 6.07) is 11.3. The molecule has 0 spiro atoms. The number of ether oxygens (including phenoxy) is 1. The molecule has 128 valence electrons. The lowest BCUT2D eigenvalue weighted by Gasteiger charge is -2.17. The van der Waals surface area contributed by atoms with Crippen LogP contribution in [-0.2, 0) is 12.6 Å². The third-order valence-electron chi connectivity index (χ3n) is 4.45. The van der Waals surface area contributed by atoms with Crippen LogP contribution in [0.25, 0.3) is 0 Å². The number of benzene rings is 2. The fraction of sp³-hybridized carbons (Fsp3) is 0.368. The molecular weight excluding hydrogens is 317 g/mol. The zero-order chi connectivity index (χ0) is 17.3. The molecule has 0 amide bonds. The van der Waals surface area contributed by atoms with E-state index in [1.165, 1.54) is 6.07 Å². The molecule has 0 aliphatic heterocycles. The number of fused-ring (bicyclic) bond motifs is 1. The van der Waals surface area contributed by atoms with Crippen LogP contribution in [0, 0.1) is 0 Å². The first-order chi connectivity index (χ1) is 11.4. The second kappa shape index (κ2) is 6.48. The lowest BCUT2D eigenvalue weighted by atomic mass is 10.0. The highest BCUT2D eigenvalue weighted by molar-refractivity contribution is 5.42. The number of aliphatic hydroxyl groups is 1. The number of halogens is 3. The molecule has 1 unspecified atom stereocenters. The Morgan fingerprint density at radius 3 is 2.50 bits per heavy atom. The Labute approximate surface area is 138 Å². The summed E-state index contributed by atoms with van der Waals surface area (Å²) in [6.07, 6.45) is -3.71. The second-order valence-electron chi connectivity index (χ2n) is 6.01. The van der Waals surface area contributed by atoms with Gasteiger partial charge in [0.15, 0.2) is 0 Å². The minimum absolute atomic E-state index is 0.341. The summed E-state index contributed by atoms with van der Waals surface area (Å²) in [5.41, 5.74) is 1.19. The Balaban J connectivity index is 1.80. The van der Waals surface area contributed by atoms with Gasteiger partial charge in [-0.25, -0.2) is 0 Å². The molecule has 0 bridgehead atoms. The van der Waals surface area contributed by atoms with Gasteiger partial charge in [0, 0.05) is 0 Å². The van der Waals surface area contributed by atoms with Gasteiger partial charge in [-0.1, -0.05) is 31.2 Å². The lowest BCUT2D eigenvalue weighted by molar-refractivity contribution is -0.138. The van der Waals surface area contributed by atoms with Crippen molar-refractivity contribution in [1.82, 2.24) is 0 Å². The first-order valence-corrected chi connectivity index (χ1v) is 8.03. The molecule has 0 heterocycles. The van der Waals surface area contributed by atoms with E-state index in [4.69, 9.17) is 4.74 Å². The molecule has 0 saturated heterocycles. The minimum atomic E-state index is -4.34. The highest BCUT2D eigenvalue weighted by atomic mass is 19.4. The standard InChI is InChI=1S/C19H19F3O2/c1-2-17(23)12-6-8-13(9-7-12)24-18-11-10-14-15(18)4-3-5-16(14)19(20,21)22/h3-9,17-18,23H,2,10-11H2,1H3/t17?,18-/m1/s1. The van der Waals surface area contributed by atoms with E-state index in [2.05, 4.69) is 0 Å². The highest BCUT2D eigenvalue weighted by Gasteiger charge is 2.37. The van der Waals surface area contributed by atoms with Crippen molar-refractivity contribution in [3.8, 4) is 5.75 Å². The monoisotopic (exact) mass is 336 g/mol. The fourth-order valence-corrected chi connectivity index (χ4v) is 3.17. The van der Waals surface area contributed by atoms with Crippen LogP contribution in [0.5, 0.6) is 5.75 Å². The molecule has 2 aromatic carbocycles. The van der Waals surface area contributed by atoms with Crippen LogP contribution in [0.4, 0.5) is 13.2 Å². The Kier molecular flexibility index (Phi) is 4.54. The van der Waals surface area contributed by atoms with Gasteiger partial charge in [0.25, 0.3) is 0 Å². The zero-order valence-corrected chi connectivity index (χ0v) is 13.3. The van der Waals surface area contributed by atoms with E-state index in [0.29, 0.717) is 36.1 Å². The minimum Gasteiger partial charge on any atom is -0.486 e. The summed E-state index contributed by atoms with van der Waals surface area (Å²) in [5.74, 6) is 0.595. The van der Waals surface area contributed by atoms with Gasteiger partial charge in [-0.2, -0.15) is 13.2 Å². The third kappa shape index (κ3) is 3.26. The Morgan fingerprint density at radius 2 is 1.88 bits per heavy atom. The smallest absolute Gasteiger partial charge is 0.416 e. The second-order valence-corrected chi connectivity index (χ2v) is 6.01. The van der Waals surface area contributed by atoms with Crippen LogP contribution < -0.4 is 4.74 Å². The van der Waals surface area contributed by atoms with Gasteiger partial charge in [0.2, 0.25) is 0 Å². The van der Waals surface area contributed by atoms with Crippen molar-refractivity contribution >= 4 is 0 Å². The van der Waals surface area contributed by atoms with E-state index >= 15 is 0 Å². The Hall–Kier alpha value is -2.01. The molecule has 1 aliphatic rings. The van der Waals surface area contributed by atoms with E-state index in [9.17, 15) is 18.3 Å². The maximum Gasteiger partial charge on any atom is 0.416 e. The predicted octanol–water partition coefficient (Wildman–Crippen LogP) is 5.22. The number of aliphatic hydroxyl groups excluding tert-OH is 1. The van der Waals surface area contributed by atoms with Crippen molar-refractivity contribution < 1.29 is 23.0 Å². The van der Waals surface area contributed by atoms with Gasteiger partial charge in [0.05, 0.1) is 11.7 Å². The maximum absolute atomic E-state index is 13.1. The van der Waals surface area contributed by atoms with Gasteiger partial charge in [-0.15, -0.1) is 0 Å². The summed E-state index contributed by atoms with van der Waals surface area (Å²) in [4.78, 5) is 0. The van der Waals surface area contributed by atoms with Gasteiger partial charge >= 0.3 is 6.18 Å². The lowest BCUT2D eigenvalue weighted by Crippen LogP contribution is -2.09. The molecule has 0 fully saturated rings. The van der Waals surface area contributed by atoms with Gasteiger partial charge in [-0.05, 0) is 54.2 Å². The Bertz CT molecular complexity index is 708. The molecule has 3 rings (SSSR count). The molecule has 1 aliphatic carbocycles. The van der Waals surface area contributed by atoms with Crippen LogP contribution in [0.3, 0.4) is 0 Å². The van der Waals surface area contributed by atoms with E-state index in [1.54, 1.807) is 30.3 Å². The molecule has 2 nitrogen and oxygen atoms in total. The average Bonchev–Trinajstić information content (AvgIpc) is 2.97. The van der Waals surface area contributed by atoms with Gasteiger partial charge < -0.3 is 9.84 Å². The predicted molar refractivity (Wildman–Crippen MR) is 84.8 cm³/mol. The van der Waals surface area contributed by atoms with Gasteiger partial charge in [-0.3, -0.25) is 0 Å². The van der Waals surface area contributed by atoms with Crippen LogP contribution >= 0.6 is 0 Å². The van der Waals surface area contributed by atoms with Crippen molar-refractivity contribution in [1.29, 1.82) is 0 Å². The van der Waals surface area contributed by atoms with Crippen molar-refractivity contribution in [3.05, 3.63) is 64.7 Å². The highest BCUT2D eigenvalue weighted by Crippen LogP contribution is 2.42. The van der Waals surface area contributed by atoms with E-state index in [0.717, 1.165) is 11.6 Å². The van der Waals surface area contributed by atoms with Crippen molar-refractivity contribution in [2.24, 2.45) is 0 Å². The molecule has 2 atom stereocenters. The van der Waals surface area contributed by atoms with E-state index in [-0.39, 0.29) is 6.10 Å². The molecule has 5 heteroatoms. The van der Waals surface area contributed by atoms with E-state index < -0.39 is 17.8 Å². The summed E-state index contributed by atoms with van der Waals surface area (Å²) < 4.78 is 45.1. The number of alkyl halides is 3. The summed E-state index contributed by atoms with van der Waals surface area (Å²) in [6.45, 7) is 1.89. The molecular formula is C19H19F3O2. The number of hydrogen-bond acceptors (Lipinski definition) is 2. The molecule has 24 heavy (non-hydrogen) atoms. The normalized spacial score (nSPS) is 18.3. The summed E-state index contributed by atoms with van der Waals surface area (Å²) >= 11 is 0. The van der Waals surface area contributed by atoms with Crippen molar-refractivity contribution in [2.75, 3.05) is 0 Å². The third-order valence-corrected chi connectivity index (χ3v) is 4.45. The fourth-order valence-electron chi connectivity index (χ4n) is 3.17. The Morgan fingerprint density at radius 1 is 1.17 bits per heavy atom. The largest absolute Gasteiger partial charge is 0.486 e. The number of rotatable bonds is 4. The summed E-state index contributed by atoms with van der Waals surface area (Å²) in [5, 5.41) is 9.79. The molecule has 0 radical (unpaired) electrons. The molecule has 2 aromatic rings. The van der Waals surface area contributed by atoms with Crippen LogP contribution in [0.1, 0.15) is 54.2 Å². The van der Waals surface area contributed by atoms with Crippen LogP contribution in [0.2, 0.25) is 0 Å². The molecule has 0 aromatic heterocycles. The quantitative estimate of drug-likeness (QED) is 0.830. The van der Waals surface area contributed by atoms with Gasteiger partial charge in [0.1, 0.15) is 11.9 Å². The van der Waals surface area contributed by atoms with E-state index in [1.807, 2.05) is 6.92 Å². The van der Waals surface area contributed by atoms with Crippen molar-refractivity contribution in [3.63, 3.8) is 0 Å². The first kappa shape index (κ1) is 16.8. The van der Waals surface area contributed by atoms with Crippen LogP contribution in [0.15, 0.2) is 42.5 Å². The zero-order valence-electron chi connectivity index (χ0n) is 13.3. The first-order valence-electron chi connectivity index (χ1n) is 8.03. The number of hydrogen-bond donors (Lipinski definition) is 1. The maximum atomic E-state index is 13.1. The van der Waals surface area contributed by atoms with Crippen molar-refractivity contribution in [2.45, 2.75) is 44.6 Å². The summed E-state index contributed by atoms with van der Waals surface area (Å²) in [7, 11) is 0. The topological polar surface area (TPSA) is 29.5 Å². The molecule has 1 N–H and O–H groups in total. The van der Waals surface area contributed by atoms with Crippen LogP contribution in [-0.4, -0.2) is 5.11 Å². The molecule has 0 saturated carbocycles. The average molecular weight is 336 g/mol.